The van der Waals surface area contributed by atoms with Gasteiger partial charge in [0.1, 0.15) is 30.1 Å². The van der Waals surface area contributed by atoms with Crippen LogP contribution in [0.15, 0.2) is 17.1 Å². The standard InChI is InChI=1S/C21H33N4O15P.2Na/c1-8(11(29)6-26)17-14(23-9(2)27)10(28)5-21(39-17,19(32)33)40-41(35,36)37-7-12-15(30)16(31)18(38-12)25-4-3-13(22)24-20(25)34;;/h3-4,8,10-12,14-18,26,28-31H,5-7H2,1-2H3,(H,23,27)(H,32,33)(H,35,36)(H2,22,24,34);;/q;2*+1/p-2/t8-,10?,11-,12?,14?,15?,16?,17?,18?,21?;;/m1../s1. The summed E-state index contributed by atoms with van der Waals surface area (Å²) in [5, 5.41) is 65.1. The smallest absolute Gasteiger partial charge is 0.756 e. The number of hydrogen-bond acceptors (Lipinski definition) is 17. The van der Waals surface area contributed by atoms with E-state index in [0.717, 1.165) is 17.7 Å². The Labute approximate surface area is 288 Å². The van der Waals surface area contributed by atoms with Crippen molar-refractivity contribution in [2.45, 2.75) is 74.9 Å². The summed E-state index contributed by atoms with van der Waals surface area (Å²) in [6.45, 7) is 0.473. The Bertz CT molecular complexity index is 1230. The number of carboxylic acids is 1. The first-order valence-corrected chi connectivity index (χ1v) is 13.6. The maximum atomic E-state index is 12.7. The zero-order chi connectivity index (χ0) is 30.9. The number of aromatic nitrogens is 2. The Kier molecular flexibility index (Phi) is 15.4. The number of hydrogen-bond donors (Lipinski definition) is 7. The molecule has 1 aromatic rings. The van der Waals surface area contributed by atoms with Crippen molar-refractivity contribution < 1.29 is 127 Å². The molecule has 3 heterocycles. The van der Waals surface area contributed by atoms with E-state index >= 15 is 0 Å². The molecule has 9 unspecified atom stereocenters. The fourth-order valence-electron chi connectivity index (χ4n) is 4.51. The second-order valence-electron chi connectivity index (χ2n) is 9.65. The number of ether oxygens (including phenoxy) is 2. The van der Waals surface area contributed by atoms with E-state index in [0.29, 0.717) is 0 Å². The van der Waals surface area contributed by atoms with E-state index in [9.17, 15) is 54.5 Å². The minimum absolute atomic E-state index is 0. The molecule has 0 spiro atoms. The summed E-state index contributed by atoms with van der Waals surface area (Å²) in [6.07, 6.45) is -11.6. The van der Waals surface area contributed by atoms with Crippen LogP contribution in [0, 0.1) is 5.92 Å². The molecule has 43 heavy (non-hydrogen) atoms. The van der Waals surface area contributed by atoms with Gasteiger partial charge in [-0.2, -0.15) is 4.98 Å². The van der Waals surface area contributed by atoms with E-state index < -0.39 is 106 Å². The zero-order valence-electron chi connectivity index (χ0n) is 23.7. The molecule has 1 aromatic heterocycles. The van der Waals surface area contributed by atoms with Gasteiger partial charge in [-0.1, -0.05) is 6.92 Å². The fourth-order valence-corrected chi connectivity index (χ4v) is 5.45. The molecule has 0 radical (unpaired) electrons. The van der Waals surface area contributed by atoms with Gasteiger partial charge in [-0.3, -0.25) is 18.5 Å². The summed E-state index contributed by atoms with van der Waals surface area (Å²) in [6, 6.07) is -0.159. The minimum Gasteiger partial charge on any atom is -0.756 e. The molecule has 0 aromatic carbocycles. The summed E-state index contributed by atoms with van der Waals surface area (Å²) >= 11 is 0. The number of phosphoric ester groups is 1. The average molecular weight is 656 g/mol. The number of nitrogens with one attached hydrogen (secondary N) is 1. The van der Waals surface area contributed by atoms with Crippen LogP contribution in [-0.4, -0.2) is 109 Å². The van der Waals surface area contributed by atoms with Gasteiger partial charge >= 0.3 is 64.8 Å². The molecular weight excluding hydrogens is 625 g/mol. The largest absolute Gasteiger partial charge is 1.00 e. The van der Waals surface area contributed by atoms with Gasteiger partial charge in [0.15, 0.2) is 6.23 Å². The molecular formula is C21H31N4Na2O15P. The van der Waals surface area contributed by atoms with Crippen molar-refractivity contribution in [2.75, 3.05) is 18.9 Å². The molecule has 232 valence electrons. The maximum absolute atomic E-state index is 12.7. The van der Waals surface area contributed by atoms with Crippen LogP contribution in [0.4, 0.5) is 5.82 Å². The summed E-state index contributed by atoms with van der Waals surface area (Å²) in [5.41, 5.74) is 4.47. The van der Waals surface area contributed by atoms with Gasteiger partial charge in [0.05, 0.1) is 37.6 Å². The molecule has 22 heteroatoms. The number of aliphatic hydroxyl groups excluding tert-OH is 5. The van der Waals surface area contributed by atoms with Crippen molar-refractivity contribution in [3.63, 3.8) is 0 Å². The molecule has 2 aliphatic heterocycles. The number of phosphoric acid groups is 1. The third-order valence-electron chi connectivity index (χ3n) is 6.68. The number of carbonyl (C=O) groups excluding carboxylic acids is 2. The second kappa shape index (κ2) is 16.3. The maximum Gasteiger partial charge on any atom is 1.00 e. The molecule has 1 amide bonds. The first kappa shape index (κ1) is 40.5. The van der Waals surface area contributed by atoms with Crippen molar-refractivity contribution in [1.82, 2.24) is 14.9 Å². The summed E-state index contributed by atoms with van der Waals surface area (Å²) in [7, 11) is -5.72. The third-order valence-corrected chi connectivity index (χ3v) is 7.67. The normalized spacial score (nSPS) is 33.3. The number of nitrogen functional groups attached to an aromatic ring is 1. The average Bonchev–Trinajstić information content (AvgIpc) is 3.16. The molecule has 11 atom stereocenters. The Morgan fingerprint density at radius 1 is 1.33 bits per heavy atom. The van der Waals surface area contributed by atoms with Gasteiger partial charge in [-0.15, -0.1) is 0 Å². The number of nitrogens with two attached hydrogens (primary N) is 1. The summed E-state index contributed by atoms with van der Waals surface area (Å²) in [5.74, 6) is -7.49. The molecule has 19 nitrogen and oxygen atoms in total. The van der Waals surface area contributed by atoms with Crippen LogP contribution < -0.4 is 85.9 Å². The number of amides is 1. The summed E-state index contributed by atoms with van der Waals surface area (Å²) in [4.78, 5) is 52.0. The molecule has 0 bridgehead atoms. The first-order chi connectivity index (χ1) is 19.0. The molecule has 8 N–H and O–H groups in total. The van der Waals surface area contributed by atoms with Gasteiger partial charge < -0.3 is 65.4 Å². The molecule has 2 aliphatic rings. The van der Waals surface area contributed by atoms with Gasteiger partial charge in [-0.25, -0.2) is 4.79 Å². The number of aliphatic carboxylic acids is 1. The van der Waals surface area contributed by atoms with Crippen LogP contribution >= 0.6 is 7.82 Å². The van der Waals surface area contributed by atoms with E-state index in [1.165, 1.54) is 13.0 Å². The van der Waals surface area contributed by atoms with Crippen molar-refractivity contribution in [1.29, 1.82) is 0 Å². The van der Waals surface area contributed by atoms with Gasteiger partial charge in [-0.05, 0) is 6.07 Å². The molecule has 2 saturated heterocycles. The van der Waals surface area contributed by atoms with Crippen LogP contribution in [0.25, 0.3) is 0 Å². The van der Waals surface area contributed by atoms with E-state index in [2.05, 4.69) is 14.8 Å². The molecule has 0 aliphatic carbocycles. The number of nitrogens with zero attached hydrogens (tertiary/aromatic N) is 2. The number of aliphatic hydroxyl groups is 5. The Morgan fingerprint density at radius 2 is 1.95 bits per heavy atom. The topological polar surface area (TPSA) is 308 Å². The molecule has 0 saturated carbocycles. The predicted molar refractivity (Wildman–Crippen MR) is 127 cm³/mol. The van der Waals surface area contributed by atoms with Crippen LogP contribution in [0.3, 0.4) is 0 Å². The zero-order valence-corrected chi connectivity index (χ0v) is 28.6. The van der Waals surface area contributed by atoms with Gasteiger partial charge in [0.2, 0.25) is 11.7 Å². The van der Waals surface area contributed by atoms with Crippen molar-refractivity contribution in [3.8, 4) is 0 Å². The van der Waals surface area contributed by atoms with Crippen LogP contribution in [0.5, 0.6) is 0 Å². The van der Waals surface area contributed by atoms with Crippen molar-refractivity contribution >= 4 is 25.5 Å². The number of carboxylic acid groups (broad SMARTS) is 1. The monoisotopic (exact) mass is 656 g/mol. The van der Waals surface area contributed by atoms with E-state index in [-0.39, 0.29) is 64.9 Å². The molecule has 2 fully saturated rings. The first-order valence-electron chi connectivity index (χ1n) is 12.2. The van der Waals surface area contributed by atoms with Crippen LogP contribution in [-0.2, 0) is 32.7 Å². The molecule has 3 rings (SSSR count). The second-order valence-corrected chi connectivity index (χ2v) is 11.0. The van der Waals surface area contributed by atoms with Crippen LogP contribution in [0.1, 0.15) is 26.5 Å². The van der Waals surface area contributed by atoms with Crippen LogP contribution in [0.2, 0.25) is 0 Å². The Balaban J connectivity index is 0.00000462. The predicted octanol–water partition coefficient (Wildman–Crippen LogP) is -12.0. The number of carbonyl (C=O) groups is 2. The Morgan fingerprint density at radius 3 is 2.49 bits per heavy atom. The number of rotatable bonds is 11. The van der Waals surface area contributed by atoms with E-state index in [1.807, 2.05) is 0 Å². The minimum atomic E-state index is -5.72. The van der Waals surface area contributed by atoms with E-state index in [4.69, 9.17) is 19.7 Å². The van der Waals surface area contributed by atoms with Gasteiger partial charge in [0.25, 0.3) is 7.82 Å². The van der Waals surface area contributed by atoms with Crippen molar-refractivity contribution in [3.05, 3.63) is 22.7 Å². The quantitative estimate of drug-likeness (QED) is 0.0859. The number of anilines is 1. The fraction of sp³-hybridized carbons (Fsp3) is 0.714. The summed E-state index contributed by atoms with van der Waals surface area (Å²) < 4.78 is 33.6. The van der Waals surface area contributed by atoms with Crippen molar-refractivity contribution in [2.24, 2.45) is 5.92 Å². The van der Waals surface area contributed by atoms with E-state index in [1.54, 1.807) is 0 Å². The van der Waals surface area contributed by atoms with Gasteiger partial charge in [0, 0.05) is 25.5 Å². The third kappa shape index (κ3) is 9.49. The Hall–Kier alpha value is -0.550. The SMILES string of the molecule is CC(=O)NC1C(O)CC(OP(=O)([O-])OCC2OC(n3ccc(N)nc3=O)C(O)C2O)(C(=O)[O-])OC1[C@H](C)[C@H](O)CO.[Na+].[Na+].